The van der Waals surface area contributed by atoms with Crippen LogP contribution in [0.5, 0.6) is 5.75 Å². The van der Waals surface area contributed by atoms with Crippen LogP contribution in [0.15, 0.2) is 41.3 Å². The van der Waals surface area contributed by atoms with Crippen molar-refractivity contribution in [1.29, 1.82) is 0 Å². The molecule has 26 heavy (non-hydrogen) atoms. The van der Waals surface area contributed by atoms with Crippen LogP contribution in [0.2, 0.25) is 10.0 Å². The number of nitrogens with one attached hydrogen (secondary N) is 2. The molecule has 1 unspecified atom stereocenters. The van der Waals surface area contributed by atoms with Crippen LogP contribution in [0, 0.1) is 5.82 Å². The summed E-state index contributed by atoms with van der Waals surface area (Å²) in [6.07, 6.45) is 0. The van der Waals surface area contributed by atoms with E-state index in [1.807, 2.05) is 0 Å². The number of ether oxygens (including phenoxy) is 1. The summed E-state index contributed by atoms with van der Waals surface area (Å²) in [5.41, 5.74) is 0.235. The van der Waals surface area contributed by atoms with Gasteiger partial charge in [0, 0.05) is 5.02 Å². The summed E-state index contributed by atoms with van der Waals surface area (Å²) >= 11 is 11.8. The van der Waals surface area contributed by atoms with Gasteiger partial charge in [0.2, 0.25) is 15.9 Å². The minimum Gasteiger partial charge on any atom is -0.495 e. The molecular weight excluding hydrogens is 406 g/mol. The number of methoxy groups -OCH3 is 1. The summed E-state index contributed by atoms with van der Waals surface area (Å²) in [5, 5.41) is 3.07. The number of rotatable bonds is 6. The molecule has 140 valence electrons. The third-order valence-electron chi connectivity index (χ3n) is 3.33. The van der Waals surface area contributed by atoms with Crippen LogP contribution in [0.1, 0.15) is 6.92 Å². The zero-order valence-electron chi connectivity index (χ0n) is 13.7. The molecule has 0 fully saturated rings. The molecule has 0 bridgehead atoms. The lowest BCUT2D eigenvalue weighted by Gasteiger charge is -2.16. The van der Waals surface area contributed by atoms with Crippen molar-refractivity contribution in [2.24, 2.45) is 0 Å². The highest BCUT2D eigenvalue weighted by atomic mass is 35.5. The Kier molecular flexibility index (Phi) is 6.46. The fraction of sp³-hybridized carbons (Fsp3) is 0.188. The maximum atomic E-state index is 13.4. The van der Waals surface area contributed by atoms with Gasteiger partial charge >= 0.3 is 0 Å². The van der Waals surface area contributed by atoms with E-state index in [0.29, 0.717) is 5.02 Å². The summed E-state index contributed by atoms with van der Waals surface area (Å²) in [4.78, 5) is 11.8. The van der Waals surface area contributed by atoms with Gasteiger partial charge in [-0.15, -0.1) is 0 Å². The van der Waals surface area contributed by atoms with Gasteiger partial charge in [0.1, 0.15) is 16.5 Å². The second-order valence-corrected chi connectivity index (χ2v) is 7.78. The Labute approximate surface area is 160 Å². The van der Waals surface area contributed by atoms with Crippen molar-refractivity contribution in [3.63, 3.8) is 0 Å². The zero-order chi connectivity index (χ0) is 19.5. The van der Waals surface area contributed by atoms with E-state index in [1.54, 1.807) is 6.07 Å². The number of amides is 1. The lowest BCUT2D eigenvalue weighted by atomic mass is 10.3. The van der Waals surface area contributed by atoms with E-state index in [-0.39, 0.29) is 16.5 Å². The van der Waals surface area contributed by atoms with Crippen LogP contribution in [-0.2, 0) is 14.8 Å². The molecule has 0 spiro atoms. The van der Waals surface area contributed by atoms with E-state index in [2.05, 4.69) is 10.0 Å². The number of hydrogen-bond acceptors (Lipinski definition) is 4. The van der Waals surface area contributed by atoms with Crippen molar-refractivity contribution in [2.75, 3.05) is 12.4 Å². The first-order valence-corrected chi connectivity index (χ1v) is 9.49. The third kappa shape index (κ3) is 4.85. The average Bonchev–Trinajstić information content (AvgIpc) is 2.57. The first-order valence-electron chi connectivity index (χ1n) is 7.26. The Balaban J connectivity index is 2.20. The highest BCUT2D eigenvalue weighted by molar-refractivity contribution is 7.89. The minimum absolute atomic E-state index is 0.0515. The van der Waals surface area contributed by atoms with E-state index < -0.39 is 32.7 Å². The Morgan fingerprint density at radius 2 is 1.88 bits per heavy atom. The van der Waals surface area contributed by atoms with Gasteiger partial charge in [0.25, 0.3) is 0 Å². The highest BCUT2D eigenvalue weighted by Crippen LogP contribution is 2.26. The molecule has 0 saturated heterocycles. The third-order valence-corrected chi connectivity index (χ3v) is 5.45. The smallest absolute Gasteiger partial charge is 0.245 e. The van der Waals surface area contributed by atoms with Gasteiger partial charge in [-0.2, -0.15) is 4.72 Å². The SMILES string of the molecule is COc1ccc(F)cc1S(=O)(=O)NC(C)C(=O)Nc1cc(Cl)ccc1Cl. The first-order chi connectivity index (χ1) is 12.1. The summed E-state index contributed by atoms with van der Waals surface area (Å²) < 4.78 is 45.5. The molecule has 0 heterocycles. The monoisotopic (exact) mass is 420 g/mol. The van der Waals surface area contributed by atoms with Crippen molar-refractivity contribution in [1.82, 2.24) is 4.72 Å². The summed E-state index contributed by atoms with van der Waals surface area (Å²) in [5.74, 6) is -1.48. The molecule has 0 aromatic heterocycles. The maximum Gasteiger partial charge on any atom is 0.245 e. The number of sulfonamides is 1. The molecule has 0 aliphatic carbocycles. The predicted molar refractivity (Wildman–Crippen MR) is 97.8 cm³/mol. The molecular formula is C16H15Cl2FN2O4S. The standard InChI is InChI=1S/C16H15Cl2FN2O4S/c1-9(16(22)20-13-7-10(17)3-5-12(13)18)21-26(23,24)15-8-11(19)4-6-14(15)25-2/h3-9,21H,1-2H3,(H,20,22). The van der Waals surface area contributed by atoms with Crippen molar-refractivity contribution >= 4 is 44.8 Å². The molecule has 0 aliphatic rings. The predicted octanol–water partition coefficient (Wildman–Crippen LogP) is 3.45. The lowest BCUT2D eigenvalue weighted by molar-refractivity contribution is -0.117. The summed E-state index contributed by atoms with van der Waals surface area (Å²) in [6, 6.07) is 6.34. The Bertz CT molecular complexity index is 938. The number of benzene rings is 2. The van der Waals surface area contributed by atoms with Crippen molar-refractivity contribution in [3.05, 3.63) is 52.3 Å². The number of hydrogen-bond donors (Lipinski definition) is 2. The second-order valence-electron chi connectivity index (χ2n) is 5.25. The van der Waals surface area contributed by atoms with E-state index in [9.17, 15) is 17.6 Å². The molecule has 2 rings (SSSR count). The van der Waals surface area contributed by atoms with Gasteiger partial charge in [-0.3, -0.25) is 4.79 Å². The molecule has 2 N–H and O–H groups in total. The van der Waals surface area contributed by atoms with Crippen LogP contribution in [-0.4, -0.2) is 27.5 Å². The maximum absolute atomic E-state index is 13.4. The molecule has 0 aliphatic heterocycles. The first kappa shape index (κ1) is 20.4. The summed E-state index contributed by atoms with van der Waals surface area (Å²) in [7, 11) is -2.96. The van der Waals surface area contributed by atoms with Crippen molar-refractivity contribution in [2.45, 2.75) is 17.9 Å². The molecule has 0 saturated carbocycles. The van der Waals surface area contributed by atoms with Gasteiger partial charge in [0.05, 0.1) is 23.9 Å². The average molecular weight is 421 g/mol. The van der Waals surface area contributed by atoms with Gasteiger partial charge in [-0.05, 0) is 43.3 Å². The molecule has 2 aromatic carbocycles. The Morgan fingerprint density at radius 3 is 2.54 bits per heavy atom. The fourth-order valence-corrected chi connectivity index (χ4v) is 3.76. The van der Waals surface area contributed by atoms with E-state index in [4.69, 9.17) is 27.9 Å². The van der Waals surface area contributed by atoms with Gasteiger partial charge in [0.15, 0.2) is 0 Å². The minimum atomic E-state index is -4.22. The molecule has 1 amide bonds. The Morgan fingerprint density at radius 1 is 1.19 bits per heavy atom. The molecule has 1 atom stereocenters. The molecule has 6 nitrogen and oxygen atoms in total. The molecule has 2 aromatic rings. The largest absolute Gasteiger partial charge is 0.495 e. The van der Waals surface area contributed by atoms with Crippen LogP contribution in [0.25, 0.3) is 0 Å². The van der Waals surface area contributed by atoms with Gasteiger partial charge in [-0.25, -0.2) is 12.8 Å². The van der Waals surface area contributed by atoms with Crippen LogP contribution < -0.4 is 14.8 Å². The molecule has 10 heteroatoms. The summed E-state index contributed by atoms with van der Waals surface area (Å²) in [6.45, 7) is 1.33. The van der Waals surface area contributed by atoms with Gasteiger partial charge in [-0.1, -0.05) is 23.2 Å². The number of carbonyl (C=O) groups is 1. The topological polar surface area (TPSA) is 84.5 Å². The van der Waals surface area contributed by atoms with E-state index in [1.165, 1.54) is 32.2 Å². The fourth-order valence-electron chi connectivity index (χ4n) is 2.04. The lowest BCUT2D eigenvalue weighted by Crippen LogP contribution is -2.41. The number of carbonyl (C=O) groups excluding carboxylic acids is 1. The van der Waals surface area contributed by atoms with E-state index >= 15 is 0 Å². The Hall–Kier alpha value is -1.87. The van der Waals surface area contributed by atoms with Crippen LogP contribution in [0.3, 0.4) is 0 Å². The van der Waals surface area contributed by atoms with E-state index in [0.717, 1.165) is 12.1 Å². The normalized spacial score (nSPS) is 12.5. The zero-order valence-corrected chi connectivity index (χ0v) is 16.0. The highest BCUT2D eigenvalue weighted by Gasteiger charge is 2.26. The van der Waals surface area contributed by atoms with Crippen LogP contribution >= 0.6 is 23.2 Å². The van der Waals surface area contributed by atoms with Crippen molar-refractivity contribution in [3.8, 4) is 5.75 Å². The van der Waals surface area contributed by atoms with Crippen molar-refractivity contribution < 1.29 is 22.3 Å². The van der Waals surface area contributed by atoms with Gasteiger partial charge < -0.3 is 10.1 Å². The number of halogens is 3. The molecule has 0 radical (unpaired) electrons. The second kappa shape index (κ2) is 8.22. The number of anilines is 1. The van der Waals surface area contributed by atoms with Crippen LogP contribution in [0.4, 0.5) is 10.1 Å². The quantitative estimate of drug-likeness (QED) is 0.749.